The summed E-state index contributed by atoms with van der Waals surface area (Å²) in [6.07, 6.45) is 1.41. The number of amidine groups is 1. The molecule has 2 heterocycles. The quantitative estimate of drug-likeness (QED) is 0.709. The molecule has 0 unspecified atom stereocenters. The van der Waals surface area contributed by atoms with E-state index in [1.165, 1.54) is 11.1 Å². The van der Waals surface area contributed by atoms with Gasteiger partial charge in [0.15, 0.2) is 0 Å². The van der Waals surface area contributed by atoms with E-state index in [-0.39, 0.29) is 17.9 Å². The molecule has 6 nitrogen and oxygen atoms in total. The van der Waals surface area contributed by atoms with E-state index < -0.39 is 10.0 Å². The topological polar surface area (TPSA) is 73.8 Å². The lowest BCUT2D eigenvalue weighted by molar-refractivity contribution is 0.241. The molecule has 32 heavy (non-hydrogen) atoms. The third-order valence-corrected chi connectivity index (χ3v) is 8.42. The molecule has 1 spiro atoms. The molecule has 2 aromatic carbocycles. The van der Waals surface area contributed by atoms with Gasteiger partial charge in [0.05, 0.1) is 17.0 Å². The van der Waals surface area contributed by atoms with Crippen molar-refractivity contribution in [2.75, 3.05) is 26.2 Å². The van der Waals surface area contributed by atoms with Gasteiger partial charge in [-0.25, -0.2) is 8.42 Å². The van der Waals surface area contributed by atoms with E-state index in [0.29, 0.717) is 37.4 Å². The average molecular weight is 477 g/mol. The van der Waals surface area contributed by atoms with Crippen LogP contribution in [0.25, 0.3) is 0 Å². The summed E-state index contributed by atoms with van der Waals surface area (Å²) in [6.45, 7) is 9.18. The molecule has 2 N–H and O–H groups in total. The van der Waals surface area contributed by atoms with Gasteiger partial charge in [0, 0.05) is 26.2 Å². The number of nitrogens with zero attached hydrogens (tertiary/aromatic N) is 2. The number of aliphatic imine (C=N–C) groups is 1. The van der Waals surface area contributed by atoms with Crippen molar-refractivity contribution in [1.29, 1.82) is 0 Å². The Morgan fingerprint density at radius 1 is 1.06 bits per heavy atom. The lowest BCUT2D eigenvalue weighted by atomic mass is 9.85. The van der Waals surface area contributed by atoms with Crippen LogP contribution in [0.15, 0.2) is 52.4 Å². The highest BCUT2D eigenvalue weighted by atomic mass is 35.5. The standard InChI is InChI=1S/C24H32N4O2S.ClH/c1-18-5-4-6-21(16-18)17-26-23-24(27-12-11-25-23)9-13-28(14-10-24)31(29,30)22-8-7-19(2)15-20(22)3;/h4-8,15-16,27H,9-14,17H2,1-3H3,(H,25,26);1H. The molecule has 8 heteroatoms. The maximum absolute atomic E-state index is 13.3. The van der Waals surface area contributed by atoms with Crippen molar-refractivity contribution in [3.63, 3.8) is 0 Å². The van der Waals surface area contributed by atoms with E-state index >= 15 is 0 Å². The molecule has 0 bridgehead atoms. The fraction of sp³-hybridized carbons (Fsp3) is 0.458. The Morgan fingerprint density at radius 2 is 1.78 bits per heavy atom. The molecule has 2 aliphatic heterocycles. The van der Waals surface area contributed by atoms with Gasteiger partial charge in [-0.05, 0) is 50.8 Å². The van der Waals surface area contributed by atoms with Crippen molar-refractivity contribution in [3.8, 4) is 0 Å². The fourth-order valence-corrected chi connectivity index (χ4v) is 6.33. The van der Waals surface area contributed by atoms with Crippen LogP contribution < -0.4 is 10.6 Å². The van der Waals surface area contributed by atoms with Gasteiger partial charge < -0.3 is 10.6 Å². The van der Waals surface area contributed by atoms with E-state index in [2.05, 4.69) is 41.8 Å². The molecule has 0 saturated carbocycles. The Labute approximate surface area is 198 Å². The first-order valence-corrected chi connectivity index (χ1v) is 12.4. The molecule has 2 aliphatic rings. The van der Waals surface area contributed by atoms with Crippen molar-refractivity contribution in [3.05, 3.63) is 64.7 Å². The Bertz CT molecular complexity index is 1090. The molecule has 174 valence electrons. The van der Waals surface area contributed by atoms with Crippen LogP contribution in [0.5, 0.6) is 0 Å². The van der Waals surface area contributed by atoms with Crippen LogP contribution in [-0.2, 0) is 16.6 Å². The summed E-state index contributed by atoms with van der Waals surface area (Å²) in [7, 11) is -3.50. The van der Waals surface area contributed by atoms with Crippen LogP contribution in [0.2, 0.25) is 0 Å². The first-order chi connectivity index (χ1) is 14.8. The maximum atomic E-state index is 13.3. The third-order valence-electron chi connectivity index (χ3n) is 6.37. The number of hydrogen-bond donors (Lipinski definition) is 2. The highest BCUT2D eigenvalue weighted by Crippen LogP contribution is 2.30. The van der Waals surface area contributed by atoms with E-state index in [0.717, 1.165) is 30.1 Å². The van der Waals surface area contributed by atoms with Crippen LogP contribution in [0.4, 0.5) is 0 Å². The molecule has 0 aromatic heterocycles. The summed E-state index contributed by atoms with van der Waals surface area (Å²) >= 11 is 0. The summed E-state index contributed by atoms with van der Waals surface area (Å²) in [5.41, 5.74) is 4.05. The molecule has 1 fully saturated rings. The third kappa shape index (κ3) is 5.01. The second-order valence-electron chi connectivity index (χ2n) is 8.75. The van der Waals surface area contributed by atoms with Crippen LogP contribution >= 0.6 is 12.4 Å². The van der Waals surface area contributed by atoms with Gasteiger partial charge in [0.1, 0.15) is 5.84 Å². The molecule has 0 amide bonds. The Balaban J connectivity index is 0.00000289. The highest BCUT2D eigenvalue weighted by Gasteiger charge is 2.43. The number of sulfonamides is 1. The Hall–Kier alpha value is -1.93. The minimum Gasteiger partial charge on any atom is -0.368 e. The van der Waals surface area contributed by atoms with Crippen LogP contribution in [-0.4, -0.2) is 50.3 Å². The lowest BCUT2D eigenvalue weighted by Gasteiger charge is -2.44. The zero-order valence-corrected chi connectivity index (χ0v) is 20.7. The van der Waals surface area contributed by atoms with E-state index in [1.54, 1.807) is 10.4 Å². The van der Waals surface area contributed by atoms with Crippen molar-refractivity contribution in [2.45, 2.75) is 50.6 Å². The minimum absolute atomic E-state index is 0. The van der Waals surface area contributed by atoms with Crippen LogP contribution in [0.3, 0.4) is 0 Å². The molecule has 0 atom stereocenters. The summed E-state index contributed by atoms with van der Waals surface area (Å²) in [4.78, 5) is 5.20. The highest BCUT2D eigenvalue weighted by molar-refractivity contribution is 7.89. The molecule has 4 rings (SSSR count). The molecule has 0 aliphatic carbocycles. The van der Waals surface area contributed by atoms with Gasteiger partial charge in [0.2, 0.25) is 10.0 Å². The molecule has 0 radical (unpaired) electrons. The molecule has 2 aromatic rings. The van der Waals surface area contributed by atoms with Gasteiger partial charge in [0.25, 0.3) is 0 Å². The minimum atomic E-state index is -3.50. The molecular formula is C24H33ClN4O2S. The van der Waals surface area contributed by atoms with Gasteiger partial charge >= 0.3 is 0 Å². The summed E-state index contributed by atoms with van der Waals surface area (Å²) < 4.78 is 28.2. The van der Waals surface area contributed by atoms with Crippen molar-refractivity contribution in [1.82, 2.24) is 14.9 Å². The normalized spacial score (nSPS) is 18.7. The molecule has 1 saturated heterocycles. The van der Waals surface area contributed by atoms with Crippen molar-refractivity contribution < 1.29 is 8.42 Å². The maximum Gasteiger partial charge on any atom is 0.243 e. The van der Waals surface area contributed by atoms with Crippen molar-refractivity contribution >= 4 is 28.3 Å². The lowest BCUT2D eigenvalue weighted by Crippen LogP contribution is -2.64. The number of nitrogens with one attached hydrogen (secondary N) is 2. The predicted octanol–water partition coefficient (Wildman–Crippen LogP) is 3.35. The van der Waals surface area contributed by atoms with Crippen LogP contribution in [0.1, 0.15) is 35.1 Å². The predicted molar refractivity (Wildman–Crippen MR) is 132 cm³/mol. The Kier molecular flexibility index (Phi) is 7.65. The van der Waals surface area contributed by atoms with Gasteiger partial charge in [-0.3, -0.25) is 4.99 Å². The van der Waals surface area contributed by atoms with Gasteiger partial charge in [-0.2, -0.15) is 4.31 Å². The number of rotatable bonds is 4. The summed E-state index contributed by atoms with van der Waals surface area (Å²) in [5, 5.41) is 7.19. The Morgan fingerprint density at radius 3 is 2.47 bits per heavy atom. The van der Waals surface area contributed by atoms with E-state index in [1.807, 2.05) is 26.0 Å². The van der Waals surface area contributed by atoms with E-state index in [9.17, 15) is 8.42 Å². The summed E-state index contributed by atoms with van der Waals surface area (Å²) in [6, 6.07) is 14.0. The van der Waals surface area contributed by atoms with Gasteiger partial charge in [-0.1, -0.05) is 47.5 Å². The van der Waals surface area contributed by atoms with Crippen molar-refractivity contribution in [2.24, 2.45) is 4.99 Å². The first-order valence-electron chi connectivity index (χ1n) is 11.0. The fourth-order valence-electron chi connectivity index (χ4n) is 4.68. The average Bonchev–Trinajstić information content (AvgIpc) is 2.73. The first kappa shape index (κ1) is 24.7. The number of piperidine rings is 1. The zero-order chi connectivity index (χ0) is 22.1. The second-order valence-corrected chi connectivity index (χ2v) is 10.7. The molecular weight excluding hydrogens is 444 g/mol. The largest absolute Gasteiger partial charge is 0.368 e. The van der Waals surface area contributed by atoms with E-state index in [4.69, 9.17) is 4.99 Å². The number of benzene rings is 2. The number of aryl methyl sites for hydroxylation is 3. The number of halogens is 1. The zero-order valence-electron chi connectivity index (χ0n) is 19.0. The smallest absolute Gasteiger partial charge is 0.243 e. The number of hydrogen-bond acceptors (Lipinski definition) is 5. The monoisotopic (exact) mass is 476 g/mol. The van der Waals surface area contributed by atoms with Crippen LogP contribution in [0, 0.1) is 20.8 Å². The SMILES string of the molecule is Cc1cccc(CNC2=NCCNC23CCN(S(=O)(=O)c2ccc(C)cc2C)CC3)c1.Cl. The van der Waals surface area contributed by atoms with Gasteiger partial charge in [-0.15, -0.1) is 12.4 Å². The second kappa shape index (κ2) is 9.91. The summed E-state index contributed by atoms with van der Waals surface area (Å²) in [5.74, 6) is 0.962.